The van der Waals surface area contributed by atoms with Gasteiger partial charge in [0, 0.05) is 19.6 Å². The molecule has 21 heavy (non-hydrogen) atoms. The Labute approximate surface area is 125 Å². The third-order valence-electron chi connectivity index (χ3n) is 4.15. The maximum absolute atomic E-state index is 11.8. The molecule has 2 atom stereocenters. The Morgan fingerprint density at radius 1 is 1.38 bits per heavy atom. The van der Waals surface area contributed by atoms with Crippen LogP contribution in [-0.2, 0) is 17.6 Å². The second kappa shape index (κ2) is 6.35. The van der Waals surface area contributed by atoms with Crippen molar-refractivity contribution >= 4 is 6.03 Å². The third-order valence-corrected chi connectivity index (χ3v) is 4.15. The molecule has 0 saturated carbocycles. The molecule has 2 aliphatic rings. The largest absolute Gasteiger partial charge is 0.493 e. The predicted octanol–water partition coefficient (Wildman–Crippen LogP) is 1.64. The zero-order chi connectivity index (χ0) is 14.7. The fourth-order valence-corrected chi connectivity index (χ4v) is 2.86. The summed E-state index contributed by atoms with van der Waals surface area (Å²) < 4.78 is 10.9. The monoisotopic (exact) mass is 290 g/mol. The van der Waals surface area contributed by atoms with E-state index in [0.717, 1.165) is 38.2 Å². The summed E-state index contributed by atoms with van der Waals surface area (Å²) >= 11 is 0. The first-order chi connectivity index (χ1) is 10.2. The Bertz CT molecular complexity index is 518. The molecule has 5 heteroatoms. The number of hydrogen-bond donors (Lipinski definition) is 2. The molecule has 1 saturated heterocycles. The molecule has 1 aromatic carbocycles. The van der Waals surface area contributed by atoms with Gasteiger partial charge < -0.3 is 20.1 Å². The van der Waals surface area contributed by atoms with Gasteiger partial charge in [0.1, 0.15) is 5.75 Å². The Morgan fingerprint density at radius 2 is 2.29 bits per heavy atom. The van der Waals surface area contributed by atoms with Crippen LogP contribution in [0.5, 0.6) is 5.75 Å². The maximum Gasteiger partial charge on any atom is 0.315 e. The van der Waals surface area contributed by atoms with Crippen LogP contribution in [0.25, 0.3) is 0 Å². The summed E-state index contributed by atoms with van der Waals surface area (Å²) in [5, 5.41) is 5.87. The molecule has 2 heterocycles. The highest BCUT2D eigenvalue weighted by Crippen LogP contribution is 2.25. The van der Waals surface area contributed by atoms with Crippen molar-refractivity contribution in [3.8, 4) is 5.75 Å². The number of benzene rings is 1. The molecule has 5 nitrogen and oxygen atoms in total. The second-order valence-corrected chi connectivity index (χ2v) is 5.66. The lowest BCUT2D eigenvalue weighted by atomic mass is 10.1. The van der Waals surface area contributed by atoms with E-state index in [2.05, 4.69) is 22.8 Å². The highest BCUT2D eigenvalue weighted by molar-refractivity contribution is 5.74. The molecule has 0 radical (unpaired) electrons. The SMILES string of the molecule is C[C@H]1OCC[C@@H]1NC(=O)NCCc1ccc2c(c1)CCO2. The van der Waals surface area contributed by atoms with Crippen molar-refractivity contribution in [2.75, 3.05) is 19.8 Å². The topological polar surface area (TPSA) is 59.6 Å². The van der Waals surface area contributed by atoms with Gasteiger partial charge in [0.25, 0.3) is 0 Å². The third kappa shape index (κ3) is 3.47. The zero-order valence-corrected chi connectivity index (χ0v) is 12.4. The van der Waals surface area contributed by atoms with E-state index in [9.17, 15) is 4.79 Å². The Morgan fingerprint density at radius 3 is 3.10 bits per heavy atom. The molecule has 0 bridgehead atoms. The van der Waals surface area contributed by atoms with Crippen LogP contribution in [0.1, 0.15) is 24.5 Å². The van der Waals surface area contributed by atoms with E-state index in [-0.39, 0.29) is 18.2 Å². The number of carbonyl (C=O) groups is 1. The van der Waals surface area contributed by atoms with Crippen molar-refractivity contribution < 1.29 is 14.3 Å². The van der Waals surface area contributed by atoms with Gasteiger partial charge in [0.05, 0.1) is 18.8 Å². The van der Waals surface area contributed by atoms with Crippen molar-refractivity contribution in [2.24, 2.45) is 0 Å². The van der Waals surface area contributed by atoms with E-state index in [1.54, 1.807) is 0 Å². The molecule has 114 valence electrons. The summed E-state index contributed by atoms with van der Waals surface area (Å²) in [5.74, 6) is 1.000. The Kier molecular flexibility index (Phi) is 4.29. The first-order valence-corrected chi connectivity index (χ1v) is 7.63. The van der Waals surface area contributed by atoms with Crippen molar-refractivity contribution in [2.45, 2.75) is 38.3 Å². The van der Waals surface area contributed by atoms with Gasteiger partial charge in [-0.25, -0.2) is 4.79 Å². The first kappa shape index (κ1) is 14.2. The molecule has 1 fully saturated rings. The van der Waals surface area contributed by atoms with Crippen LogP contribution in [0.4, 0.5) is 4.79 Å². The van der Waals surface area contributed by atoms with Crippen LogP contribution in [0.2, 0.25) is 0 Å². The van der Waals surface area contributed by atoms with Gasteiger partial charge in [0.15, 0.2) is 0 Å². The molecule has 0 unspecified atom stereocenters. The van der Waals surface area contributed by atoms with Crippen molar-refractivity contribution in [3.63, 3.8) is 0 Å². The van der Waals surface area contributed by atoms with E-state index in [1.165, 1.54) is 11.1 Å². The predicted molar refractivity (Wildman–Crippen MR) is 79.7 cm³/mol. The molecule has 2 amide bonds. The number of urea groups is 1. The number of fused-ring (bicyclic) bond motifs is 1. The number of amides is 2. The van der Waals surface area contributed by atoms with Gasteiger partial charge in [-0.05, 0) is 37.0 Å². The van der Waals surface area contributed by atoms with Gasteiger partial charge in [-0.15, -0.1) is 0 Å². The molecule has 0 aliphatic carbocycles. The number of ether oxygens (including phenoxy) is 2. The van der Waals surface area contributed by atoms with Crippen molar-refractivity contribution in [1.82, 2.24) is 10.6 Å². The fraction of sp³-hybridized carbons (Fsp3) is 0.562. The minimum absolute atomic E-state index is 0.104. The summed E-state index contributed by atoms with van der Waals surface area (Å²) in [5.41, 5.74) is 2.51. The number of carbonyl (C=O) groups excluding carboxylic acids is 1. The van der Waals surface area contributed by atoms with Crippen molar-refractivity contribution in [3.05, 3.63) is 29.3 Å². The van der Waals surface area contributed by atoms with Gasteiger partial charge in [-0.2, -0.15) is 0 Å². The summed E-state index contributed by atoms with van der Waals surface area (Å²) in [4.78, 5) is 11.8. The Balaban J connectivity index is 1.42. The molecule has 0 spiro atoms. The van der Waals surface area contributed by atoms with E-state index >= 15 is 0 Å². The molecule has 0 aromatic heterocycles. The Hall–Kier alpha value is -1.75. The van der Waals surface area contributed by atoms with Crippen LogP contribution >= 0.6 is 0 Å². The first-order valence-electron chi connectivity index (χ1n) is 7.63. The van der Waals surface area contributed by atoms with E-state index in [0.29, 0.717) is 6.54 Å². The van der Waals surface area contributed by atoms with Crippen LogP contribution in [0.15, 0.2) is 18.2 Å². The summed E-state index contributed by atoms with van der Waals surface area (Å²) in [6, 6.07) is 6.28. The molecule has 2 N–H and O–H groups in total. The van der Waals surface area contributed by atoms with Gasteiger partial charge >= 0.3 is 6.03 Å². The maximum atomic E-state index is 11.8. The fourth-order valence-electron chi connectivity index (χ4n) is 2.86. The lowest BCUT2D eigenvalue weighted by Crippen LogP contribution is -2.45. The highest BCUT2D eigenvalue weighted by atomic mass is 16.5. The zero-order valence-electron chi connectivity index (χ0n) is 12.4. The average Bonchev–Trinajstić information content (AvgIpc) is 3.08. The second-order valence-electron chi connectivity index (χ2n) is 5.66. The molecular weight excluding hydrogens is 268 g/mol. The normalized spacial score (nSPS) is 23.5. The number of rotatable bonds is 4. The summed E-state index contributed by atoms with van der Waals surface area (Å²) in [6.07, 6.45) is 2.81. The number of hydrogen-bond acceptors (Lipinski definition) is 3. The van der Waals surface area contributed by atoms with Crippen LogP contribution in [0, 0.1) is 0 Å². The minimum atomic E-state index is -0.109. The van der Waals surface area contributed by atoms with Crippen LogP contribution in [-0.4, -0.2) is 37.9 Å². The van der Waals surface area contributed by atoms with Gasteiger partial charge in [-0.1, -0.05) is 12.1 Å². The standard InChI is InChI=1S/C16H22N2O3/c1-11-14(6-9-20-11)18-16(19)17-7-4-12-2-3-15-13(10-12)5-8-21-15/h2-3,10-11,14H,4-9H2,1H3,(H2,17,18,19)/t11-,14+/m1/s1. The van der Waals surface area contributed by atoms with E-state index in [1.807, 2.05) is 13.0 Å². The lowest BCUT2D eigenvalue weighted by Gasteiger charge is -2.16. The smallest absolute Gasteiger partial charge is 0.315 e. The van der Waals surface area contributed by atoms with Gasteiger partial charge in [-0.3, -0.25) is 0 Å². The average molecular weight is 290 g/mol. The minimum Gasteiger partial charge on any atom is -0.493 e. The van der Waals surface area contributed by atoms with Gasteiger partial charge in [0.2, 0.25) is 0 Å². The van der Waals surface area contributed by atoms with Crippen LogP contribution in [0.3, 0.4) is 0 Å². The van der Waals surface area contributed by atoms with E-state index < -0.39 is 0 Å². The molecule has 3 rings (SSSR count). The van der Waals surface area contributed by atoms with Crippen molar-refractivity contribution in [1.29, 1.82) is 0 Å². The quantitative estimate of drug-likeness (QED) is 0.886. The summed E-state index contributed by atoms with van der Waals surface area (Å²) in [6.45, 7) is 4.13. The van der Waals surface area contributed by atoms with E-state index in [4.69, 9.17) is 9.47 Å². The molecular formula is C16H22N2O3. The lowest BCUT2D eigenvalue weighted by molar-refractivity contribution is 0.114. The highest BCUT2D eigenvalue weighted by Gasteiger charge is 2.25. The molecule has 1 aromatic rings. The molecule has 2 aliphatic heterocycles. The number of nitrogens with one attached hydrogen (secondary N) is 2. The summed E-state index contributed by atoms with van der Waals surface area (Å²) in [7, 11) is 0. The van der Waals surface area contributed by atoms with Crippen LogP contribution < -0.4 is 15.4 Å².